The molecule has 2 aromatic rings. The van der Waals surface area contributed by atoms with E-state index in [1.807, 2.05) is 30.3 Å². The van der Waals surface area contributed by atoms with E-state index >= 15 is 0 Å². The molecule has 1 saturated heterocycles. The molecule has 0 spiro atoms. The Labute approximate surface area is 174 Å². The molecule has 1 heterocycles. The Morgan fingerprint density at radius 3 is 2.23 bits per heavy atom. The molecule has 5 heteroatoms. The number of carbonyl (C=O) groups excluding carboxylic acids is 3. The lowest BCUT2D eigenvalue weighted by Gasteiger charge is -2.37. The first-order chi connectivity index (χ1) is 14.6. The summed E-state index contributed by atoms with van der Waals surface area (Å²) in [4.78, 5) is 40.1. The topological polar surface area (TPSA) is 63.7 Å². The molecule has 5 nitrogen and oxygen atoms in total. The highest BCUT2D eigenvalue weighted by Gasteiger charge is 2.67. The van der Waals surface area contributed by atoms with E-state index in [0.717, 1.165) is 12.0 Å². The van der Waals surface area contributed by atoms with E-state index in [0.29, 0.717) is 23.3 Å². The van der Waals surface area contributed by atoms with Gasteiger partial charge in [-0.15, -0.1) is 0 Å². The summed E-state index contributed by atoms with van der Waals surface area (Å²) >= 11 is 0. The third-order valence-corrected chi connectivity index (χ3v) is 7.16. The summed E-state index contributed by atoms with van der Waals surface area (Å²) in [6, 6.07) is 16.1. The van der Waals surface area contributed by atoms with Crippen LogP contribution in [0.2, 0.25) is 0 Å². The lowest BCUT2D eigenvalue weighted by atomic mass is 9.63. The molecule has 0 radical (unpaired) electrons. The van der Waals surface area contributed by atoms with Gasteiger partial charge < -0.3 is 4.74 Å². The van der Waals surface area contributed by atoms with E-state index in [9.17, 15) is 14.4 Å². The fourth-order valence-electron chi connectivity index (χ4n) is 5.83. The number of amides is 2. The molecule has 3 fully saturated rings. The van der Waals surface area contributed by atoms with E-state index in [4.69, 9.17) is 4.74 Å². The molecule has 4 aliphatic carbocycles. The number of nitrogens with zero attached hydrogens (tertiary/aromatic N) is 1. The van der Waals surface area contributed by atoms with Gasteiger partial charge in [-0.05, 0) is 47.8 Å². The molecule has 2 aromatic carbocycles. The number of hydrogen-bond donors (Lipinski definition) is 0. The van der Waals surface area contributed by atoms with Gasteiger partial charge in [-0.1, -0.05) is 48.6 Å². The fraction of sp³-hybridized carbons (Fsp3) is 0.320. The van der Waals surface area contributed by atoms with Crippen molar-refractivity contribution in [2.75, 3.05) is 4.90 Å². The lowest BCUT2D eigenvalue weighted by molar-refractivity contribution is -0.133. The third-order valence-electron chi connectivity index (χ3n) is 7.16. The summed E-state index contributed by atoms with van der Waals surface area (Å²) in [6.45, 7) is 0. The predicted molar refractivity (Wildman–Crippen MR) is 109 cm³/mol. The lowest BCUT2D eigenvalue weighted by Crippen LogP contribution is -2.40. The summed E-state index contributed by atoms with van der Waals surface area (Å²) in [6.07, 6.45) is 5.63. The maximum atomic E-state index is 13.2. The molecule has 0 aromatic heterocycles. The van der Waals surface area contributed by atoms with Crippen LogP contribution >= 0.6 is 0 Å². The van der Waals surface area contributed by atoms with Gasteiger partial charge in [0.1, 0.15) is 5.75 Å². The van der Waals surface area contributed by atoms with Crippen LogP contribution in [0.1, 0.15) is 12.0 Å². The van der Waals surface area contributed by atoms with Gasteiger partial charge in [0.15, 0.2) is 0 Å². The molecule has 0 unspecified atom stereocenters. The standard InChI is InChI=1S/C25H21NO4/c27-21(11-14-5-2-1-3-6-14)30-16-8-4-7-15(12-16)26-24(28)22-17-9-10-18(20-13-19(17)20)23(22)25(26)29/h1-10,12,17-20,22-23H,11,13H2/t17-,18-,19-,20-,22-,23+/m0/s1. The summed E-state index contributed by atoms with van der Waals surface area (Å²) < 4.78 is 5.49. The Balaban J connectivity index is 1.23. The number of imide groups is 1. The molecule has 5 aliphatic rings. The summed E-state index contributed by atoms with van der Waals surface area (Å²) in [5.74, 6) is 0.801. The number of anilines is 1. The van der Waals surface area contributed by atoms with Gasteiger partial charge in [0.05, 0.1) is 23.9 Å². The highest BCUT2D eigenvalue weighted by atomic mass is 16.5. The van der Waals surface area contributed by atoms with Gasteiger partial charge in [-0.3, -0.25) is 14.4 Å². The van der Waals surface area contributed by atoms with Crippen molar-refractivity contribution in [3.05, 3.63) is 72.3 Å². The average molecular weight is 399 g/mol. The minimum Gasteiger partial charge on any atom is -0.426 e. The normalized spacial score (nSPS) is 32.7. The monoisotopic (exact) mass is 399 g/mol. The van der Waals surface area contributed by atoms with Crippen molar-refractivity contribution in [1.29, 1.82) is 0 Å². The molecular weight excluding hydrogens is 378 g/mol. The van der Waals surface area contributed by atoms with E-state index in [2.05, 4.69) is 12.2 Å². The van der Waals surface area contributed by atoms with Crippen molar-refractivity contribution < 1.29 is 19.1 Å². The van der Waals surface area contributed by atoms with Crippen LogP contribution in [-0.2, 0) is 20.8 Å². The number of ether oxygens (including phenoxy) is 1. The van der Waals surface area contributed by atoms with Gasteiger partial charge in [-0.25, -0.2) is 4.90 Å². The number of allylic oxidation sites excluding steroid dienone is 2. The Morgan fingerprint density at radius 1 is 0.900 bits per heavy atom. The van der Waals surface area contributed by atoms with Crippen LogP contribution in [0.5, 0.6) is 5.75 Å². The van der Waals surface area contributed by atoms with Crippen LogP contribution in [0.4, 0.5) is 5.69 Å². The van der Waals surface area contributed by atoms with E-state index in [1.54, 1.807) is 24.3 Å². The molecule has 150 valence electrons. The van der Waals surface area contributed by atoms with Gasteiger partial charge in [0.25, 0.3) is 0 Å². The largest absolute Gasteiger partial charge is 0.426 e. The first-order valence-corrected chi connectivity index (χ1v) is 10.5. The number of carbonyl (C=O) groups is 3. The van der Waals surface area contributed by atoms with Crippen LogP contribution in [0.3, 0.4) is 0 Å². The highest BCUT2D eigenvalue weighted by molar-refractivity contribution is 6.22. The summed E-state index contributed by atoms with van der Waals surface area (Å²) in [5, 5.41) is 0. The maximum Gasteiger partial charge on any atom is 0.315 e. The second kappa shape index (κ2) is 6.39. The van der Waals surface area contributed by atoms with Crippen LogP contribution in [0.25, 0.3) is 0 Å². The van der Waals surface area contributed by atoms with Gasteiger partial charge in [0, 0.05) is 6.07 Å². The molecule has 1 aliphatic heterocycles. The minimum absolute atomic E-state index is 0.109. The van der Waals surface area contributed by atoms with Crippen LogP contribution < -0.4 is 9.64 Å². The molecule has 2 bridgehead atoms. The molecule has 7 rings (SSSR count). The number of esters is 1. The summed E-state index contributed by atoms with van der Waals surface area (Å²) in [5.41, 5.74) is 1.35. The molecule has 0 N–H and O–H groups in total. The molecule has 30 heavy (non-hydrogen) atoms. The van der Waals surface area contributed by atoms with Gasteiger partial charge in [-0.2, -0.15) is 0 Å². The van der Waals surface area contributed by atoms with Crippen molar-refractivity contribution in [3.63, 3.8) is 0 Å². The fourth-order valence-corrected chi connectivity index (χ4v) is 5.83. The van der Waals surface area contributed by atoms with Crippen molar-refractivity contribution >= 4 is 23.5 Å². The Morgan fingerprint density at radius 2 is 1.57 bits per heavy atom. The van der Waals surface area contributed by atoms with Crippen molar-refractivity contribution in [2.24, 2.45) is 35.5 Å². The number of rotatable bonds is 4. The SMILES string of the molecule is O=C(Cc1ccccc1)Oc1cccc(N2C(=O)[C@@H]3[C@H]4C=C[C@@H]([C@@H]5C[C@@H]45)[C@@H]3C2=O)c1. The van der Waals surface area contributed by atoms with Gasteiger partial charge in [0.2, 0.25) is 11.8 Å². The zero-order valence-corrected chi connectivity index (χ0v) is 16.3. The Bertz CT molecular complexity index is 1060. The molecular formula is C25H21NO4. The second-order valence-electron chi connectivity index (χ2n) is 8.80. The van der Waals surface area contributed by atoms with Crippen LogP contribution in [0, 0.1) is 35.5 Å². The third kappa shape index (κ3) is 2.58. The smallest absolute Gasteiger partial charge is 0.315 e. The molecule has 6 atom stereocenters. The van der Waals surface area contributed by atoms with E-state index in [-0.39, 0.29) is 47.9 Å². The quantitative estimate of drug-likeness (QED) is 0.342. The maximum absolute atomic E-state index is 13.2. The molecule has 2 saturated carbocycles. The zero-order valence-electron chi connectivity index (χ0n) is 16.3. The Hall–Kier alpha value is -3.21. The molecule has 2 amide bonds. The van der Waals surface area contributed by atoms with Crippen LogP contribution in [0.15, 0.2) is 66.7 Å². The van der Waals surface area contributed by atoms with Crippen molar-refractivity contribution in [1.82, 2.24) is 0 Å². The second-order valence-corrected chi connectivity index (χ2v) is 8.80. The number of hydrogen-bond acceptors (Lipinski definition) is 4. The van der Waals surface area contributed by atoms with E-state index < -0.39 is 0 Å². The average Bonchev–Trinajstić information content (AvgIpc) is 3.52. The van der Waals surface area contributed by atoms with E-state index in [1.165, 1.54) is 4.90 Å². The first kappa shape index (κ1) is 17.6. The first-order valence-electron chi connectivity index (χ1n) is 10.5. The minimum atomic E-state index is -0.381. The van der Waals surface area contributed by atoms with Crippen molar-refractivity contribution in [3.8, 4) is 5.75 Å². The highest BCUT2D eigenvalue weighted by Crippen LogP contribution is 2.65. The van der Waals surface area contributed by atoms with Crippen molar-refractivity contribution in [2.45, 2.75) is 12.8 Å². The Kier molecular flexibility index (Phi) is 3.76. The number of benzene rings is 2. The predicted octanol–water partition coefficient (Wildman–Crippen LogP) is 3.39. The zero-order chi connectivity index (χ0) is 20.4. The summed E-state index contributed by atoms with van der Waals surface area (Å²) in [7, 11) is 0. The van der Waals surface area contributed by atoms with Gasteiger partial charge >= 0.3 is 5.97 Å². The van der Waals surface area contributed by atoms with Crippen LogP contribution in [-0.4, -0.2) is 17.8 Å².